The maximum atomic E-state index is 12.0. The molecule has 3 rings (SSSR count). The summed E-state index contributed by atoms with van der Waals surface area (Å²) in [7, 11) is 1.89. The smallest absolute Gasteiger partial charge is 0.227 e. The van der Waals surface area contributed by atoms with Gasteiger partial charge in [0, 0.05) is 18.5 Å². The van der Waals surface area contributed by atoms with Crippen LogP contribution in [-0.2, 0) is 11.8 Å². The number of aromatic nitrogens is 2. The molecule has 1 amide bonds. The molecule has 1 aromatic carbocycles. The van der Waals surface area contributed by atoms with Crippen LogP contribution in [0.4, 0.5) is 5.69 Å². The average Bonchev–Trinajstić information content (AvgIpc) is 2.69. The third kappa shape index (κ3) is 2.26. The number of nitrogens with zero attached hydrogens (tertiary/aromatic N) is 2. The molecule has 0 saturated heterocycles. The van der Waals surface area contributed by atoms with Crippen LogP contribution in [0, 0.1) is 5.92 Å². The Morgan fingerprint density at radius 2 is 2.05 bits per heavy atom. The lowest BCUT2D eigenvalue weighted by Gasteiger charge is -2.24. The summed E-state index contributed by atoms with van der Waals surface area (Å²) in [5.74, 6) is 0.306. The maximum Gasteiger partial charge on any atom is 0.227 e. The minimum absolute atomic E-state index is 0.122. The summed E-state index contributed by atoms with van der Waals surface area (Å²) in [6.45, 7) is 0. The Labute approximate surface area is 112 Å². The molecule has 0 atom stereocenters. The first-order chi connectivity index (χ1) is 9.25. The van der Waals surface area contributed by atoms with Crippen molar-refractivity contribution < 1.29 is 4.79 Å². The van der Waals surface area contributed by atoms with Gasteiger partial charge in [-0.2, -0.15) is 5.10 Å². The summed E-state index contributed by atoms with van der Waals surface area (Å²) in [6.07, 6.45) is 4.90. The average molecular weight is 255 g/mol. The first-order valence-electron chi connectivity index (χ1n) is 6.64. The Morgan fingerprint density at radius 1 is 1.32 bits per heavy atom. The Balaban J connectivity index is 1.88. The van der Waals surface area contributed by atoms with Crippen molar-refractivity contribution in [1.29, 1.82) is 0 Å². The molecule has 2 aromatic rings. The van der Waals surface area contributed by atoms with E-state index in [4.69, 9.17) is 0 Å². The number of hydrogen-bond donors (Lipinski definition) is 1. The van der Waals surface area contributed by atoms with E-state index < -0.39 is 0 Å². The summed E-state index contributed by atoms with van der Waals surface area (Å²) in [5, 5.41) is 7.26. The van der Waals surface area contributed by atoms with Gasteiger partial charge in [-0.05, 0) is 12.8 Å². The minimum atomic E-state index is 0.122. The highest BCUT2D eigenvalue weighted by atomic mass is 16.1. The lowest BCUT2D eigenvalue weighted by molar-refractivity contribution is -0.122. The molecule has 1 heterocycles. The number of aryl methyl sites for hydroxylation is 1. The second-order valence-corrected chi connectivity index (χ2v) is 5.01. The van der Waals surface area contributed by atoms with Crippen LogP contribution in [0.5, 0.6) is 0 Å². The Morgan fingerprint density at radius 3 is 2.68 bits per heavy atom. The number of hydrogen-bond acceptors (Lipinski definition) is 2. The molecule has 0 bridgehead atoms. The topological polar surface area (TPSA) is 46.9 Å². The van der Waals surface area contributed by atoms with Crippen molar-refractivity contribution in [3.63, 3.8) is 0 Å². The fourth-order valence-electron chi connectivity index (χ4n) is 2.37. The zero-order chi connectivity index (χ0) is 13.2. The molecule has 1 N–H and O–H groups in total. The van der Waals surface area contributed by atoms with Crippen LogP contribution in [0.15, 0.2) is 36.5 Å². The maximum absolute atomic E-state index is 12.0. The van der Waals surface area contributed by atoms with Gasteiger partial charge < -0.3 is 5.32 Å². The van der Waals surface area contributed by atoms with E-state index in [1.165, 1.54) is 0 Å². The lowest BCUT2D eigenvalue weighted by atomic mass is 9.85. The molecule has 98 valence electrons. The summed E-state index contributed by atoms with van der Waals surface area (Å²) in [6, 6.07) is 10.00. The summed E-state index contributed by atoms with van der Waals surface area (Å²) < 4.78 is 1.80. The largest absolute Gasteiger partial charge is 0.323 e. The zero-order valence-electron chi connectivity index (χ0n) is 11.0. The first kappa shape index (κ1) is 12.0. The molecule has 0 radical (unpaired) electrons. The van der Waals surface area contributed by atoms with E-state index >= 15 is 0 Å². The van der Waals surface area contributed by atoms with Gasteiger partial charge in [-0.15, -0.1) is 0 Å². The molecule has 1 saturated carbocycles. The molecule has 4 nitrogen and oxygen atoms in total. The van der Waals surface area contributed by atoms with E-state index in [0.29, 0.717) is 0 Å². The van der Waals surface area contributed by atoms with Crippen LogP contribution in [-0.4, -0.2) is 15.7 Å². The van der Waals surface area contributed by atoms with Crippen LogP contribution < -0.4 is 5.32 Å². The van der Waals surface area contributed by atoms with Crippen LogP contribution >= 0.6 is 0 Å². The van der Waals surface area contributed by atoms with Crippen molar-refractivity contribution in [1.82, 2.24) is 9.78 Å². The standard InChI is InChI=1S/C15H17N3O/c1-18-14(11-6-3-2-4-7-11)13(10-16-18)17-15(19)12-8-5-9-12/h2-4,6-7,10,12H,5,8-9H2,1H3,(H,17,19). The zero-order valence-corrected chi connectivity index (χ0v) is 11.0. The molecule has 0 aliphatic heterocycles. The van der Waals surface area contributed by atoms with Crippen LogP contribution in [0.1, 0.15) is 19.3 Å². The molecule has 19 heavy (non-hydrogen) atoms. The number of rotatable bonds is 3. The van der Waals surface area contributed by atoms with Crippen LogP contribution in [0.3, 0.4) is 0 Å². The number of amides is 1. The second kappa shape index (κ2) is 4.88. The lowest BCUT2D eigenvalue weighted by Crippen LogP contribution is -2.28. The van der Waals surface area contributed by atoms with Gasteiger partial charge in [0.1, 0.15) is 0 Å². The Bertz CT molecular complexity index is 585. The Kier molecular flexibility index (Phi) is 3.07. The quantitative estimate of drug-likeness (QED) is 0.916. The molecule has 1 aromatic heterocycles. The van der Waals surface area contributed by atoms with Crippen molar-refractivity contribution >= 4 is 11.6 Å². The number of carbonyl (C=O) groups is 1. The highest BCUT2D eigenvalue weighted by Crippen LogP contribution is 2.31. The van der Waals surface area contributed by atoms with Crippen molar-refractivity contribution in [2.24, 2.45) is 13.0 Å². The van der Waals surface area contributed by atoms with Gasteiger partial charge in [0.2, 0.25) is 5.91 Å². The van der Waals surface area contributed by atoms with Crippen LogP contribution in [0.2, 0.25) is 0 Å². The molecular formula is C15H17N3O. The fraction of sp³-hybridized carbons (Fsp3) is 0.333. The molecule has 0 unspecified atom stereocenters. The van der Waals surface area contributed by atoms with Crippen molar-refractivity contribution in [3.8, 4) is 11.3 Å². The third-order valence-electron chi connectivity index (χ3n) is 3.72. The van der Waals surface area contributed by atoms with Gasteiger partial charge in [-0.3, -0.25) is 9.48 Å². The third-order valence-corrected chi connectivity index (χ3v) is 3.72. The molecule has 1 aliphatic carbocycles. The molecule has 4 heteroatoms. The van der Waals surface area contributed by atoms with Gasteiger partial charge >= 0.3 is 0 Å². The van der Waals surface area contributed by atoms with Gasteiger partial charge in [0.05, 0.1) is 17.6 Å². The van der Waals surface area contributed by atoms with E-state index in [1.807, 2.05) is 37.4 Å². The highest BCUT2D eigenvalue weighted by molar-refractivity contribution is 5.96. The second-order valence-electron chi connectivity index (χ2n) is 5.01. The summed E-state index contributed by atoms with van der Waals surface area (Å²) in [5.41, 5.74) is 2.81. The number of anilines is 1. The van der Waals surface area contributed by atoms with Crippen molar-refractivity contribution in [2.75, 3.05) is 5.32 Å². The molecular weight excluding hydrogens is 238 g/mol. The predicted octanol–water partition coefficient (Wildman–Crippen LogP) is 2.83. The van der Waals surface area contributed by atoms with Gasteiger partial charge in [0.25, 0.3) is 0 Å². The molecule has 1 aliphatic rings. The van der Waals surface area contributed by atoms with E-state index in [0.717, 1.165) is 36.2 Å². The van der Waals surface area contributed by atoms with Gasteiger partial charge in [-0.25, -0.2) is 0 Å². The van der Waals surface area contributed by atoms with Crippen molar-refractivity contribution in [3.05, 3.63) is 36.5 Å². The van der Waals surface area contributed by atoms with Crippen LogP contribution in [0.25, 0.3) is 11.3 Å². The molecule has 1 fully saturated rings. The normalized spacial score (nSPS) is 15.0. The SMILES string of the molecule is Cn1ncc(NC(=O)C2CCC2)c1-c1ccccc1. The fourth-order valence-corrected chi connectivity index (χ4v) is 2.37. The van der Waals surface area contributed by atoms with E-state index in [2.05, 4.69) is 10.4 Å². The summed E-state index contributed by atoms with van der Waals surface area (Å²) >= 11 is 0. The molecule has 0 spiro atoms. The van der Waals surface area contributed by atoms with E-state index in [1.54, 1.807) is 10.9 Å². The predicted molar refractivity (Wildman–Crippen MR) is 74.6 cm³/mol. The number of benzene rings is 1. The van der Waals surface area contributed by atoms with E-state index in [9.17, 15) is 4.79 Å². The highest BCUT2D eigenvalue weighted by Gasteiger charge is 2.26. The van der Waals surface area contributed by atoms with Gasteiger partial charge in [-0.1, -0.05) is 36.8 Å². The Hall–Kier alpha value is -2.10. The van der Waals surface area contributed by atoms with E-state index in [-0.39, 0.29) is 11.8 Å². The summed E-state index contributed by atoms with van der Waals surface area (Å²) in [4.78, 5) is 12.0. The minimum Gasteiger partial charge on any atom is -0.323 e. The van der Waals surface area contributed by atoms with Gasteiger partial charge in [0.15, 0.2) is 0 Å². The monoisotopic (exact) mass is 255 g/mol. The number of nitrogens with one attached hydrogen (secondary N) is 1. The number of carbonyl (C=O) groups excluding carboxylic acids is 1. The first-order valence-corrected chi connectivity index (χ1v) is 6.64. The van der Waals surface area contributed by atoms with Crippen molar-refractivity contribution in [2.45, 2.75) is 19.3 Å².